The number of halogens is 4. The quantitative estimate of drug-likeness (QED) is 0.871. The molecule has 104 valence electrons. The zero-order valence-electron chi connectivity index (χ0n) is 9.91. The molecule has 0 atom stereocenters. The third-order valence-corrected chi connectivity index (χ3v) is 2.91. The summed E-state index contributed by atoms with van der Waals surface area (Å²) in [6.45, 7) is 0. The lowest BCUT2D eigenvalue weighted by Gasteiger charge is -2.08. The lowest BCUT2D eigenvalue weighted by molar-refractivity contribution is -0.137. The summed E-state index contributed by atoms with van der Waals surface area (Å²) < 4.78 is 37.4. The molecule has 0 fully saturated rings. The lowest BCUT2D eigenvalue weighted by atomic mass is 10.0. The summed E-state index contributed by atoms with van der Waals surface area (Å²) in [5.41, 5.74) is 0.126. The van der Waals surface area contributed by atoms with Crippen LogP contribution in [-0.2, 0) is 6.18 Å². The molecule has 2 aromatic rings. The number of aromatic carboxylic acids is 1. The van der Waals surface area contributed by atoms with Gasteiger partial charge in [-0.3, -0.25) is 0 Å². The van der Waals surface area contributed by atoms with Crippen LogP contribution in [0.1, 0.15) is 15.9 Å². The molecular formula is C14H8ClF3O2. The normalized spacial score (nSPS) is 11.4. The van der Waals surface area contributed by atoms with Crippen molar-refractivity contribution in [2.75, 3.05) is 0 Å². The highest BCUT2D eigenvalue weighted by Gasteiger charge is 2.29. The number of carbonyl (C=O) groups is 1. The third-order valence-electron chi connectivity index (χ3n) is 2.69. The molecule has 0 heterocycles. The first-order valence-corrected chi connectivity index (χ1v) is 5.87. The molecule has 1 N–H and O–H groups in total. The second kappa shape index (κ2) is 5.17. The number of hydrogen-bond donors (Lipinski definition) is 1. The summed E-state index contributed by atoms with van der Waals surface area (Å²) in [6.07, 6.45) is -4.40. The Morgan fingerprint density at radius 1 is 1.00 bits per heavy atom. The van der Waals surface area contributed by atoms with Crippen molar-refractivity contribution < 1.29 is 23.1 Å². The highest BCUT2D eigenvalue weighted by molar-refractivity contribution is 6.31. The smallest absolute Gasteiger partial charge is 0.416 e. The molecule has 2 rings (SSSR count). The van der Waals surface area contributed by atoms with Crippen LogP contribution < -0.4 is 0 Å². The van der Waals surface area contributed by atoms with Crippen molar-refractivity contribution in [3.63, 3.8) is 0 Å². The van der Waals surface area contributed by atoms with E-state index in [2.05, 4.69) is 0 Å². The van der Waals surface area contributed by atoms with Crippen molar-refractivity contribution in [2.24, 2.45) is 0 Å². The minimum absolute atomic E-state index is 0.0209. The monoisotopic (exact) mass is 300 g/mol. The molecule has 0 aliphatic rings. The van der Waals surface area contributed by atoms with Crippen molar-refractivity contribution in [2.45, 2.75) is 6.18 Å². The molecule has 6 heteroatoms. The first-order chi connectivity index (χ1) is 9.27. The molecule has 2 aromatic carbocycles. The van der Waals surface area contributed by atoms with Crippen molar-refractivity contribution in [3.8, 4) is 11.1 Å². The number of carboxylic acid groups (broad SMARTS) is 1. The number of carboxylic acids is 1. The van der Waals surface area contributed by atoms with Crippen molar-refractivity contribution in [3.05, 3.63) is 58.6 Å². The minimum Gasteiger partial charge on any atom is -0.478 e. The van der Waals surface area contributed by atoms with E-state index in [9.17, 15) is 18.0 Å². The zero-order chi connectivity index (χ0) is 14.9. The molecule has 0 saturated carbocycles. The molecular weight excluding hydrogens is 293 g/mol. The minimum atomic E-state index is -4.40. The Bertz CT molecular complexity index is 648. The summed E-state index contributed by atoms with van der Waals surface area (Å²) >= 11 is 5.80. The highest BCUT2D eigenvalue weighted by Crippen LogP contribution is 2.31. The van der Waals surface area contributed by atoms with Gasteiger partial charge in [0.1, 0.15) is 0 Å². The Kier molecular flexibility index (Phi) is 3.72. The van der Waals surface area contributed by atoms with Crippen molar-refractivity contribution in [1.82, 2.24) is 0 Å². The van der Waals surface area contributed by atoms with E-state index >= 15 is 0 Å². The number of rotatable bonds is 2. The first kappa shape index (κ1) is 14.4. The lowest BCUT2D eigenvalue weighted by Crippen LogP contribution is -2.04. The van der Waals surface area contributed by atoms with E-state index in [1.807, 2.05) is 0 Å². The Morgan fingerprint density at radius 2 is 1.60 bits per heavy atom. The standard InChI is InChI=1S/C14H8ClF3O2/c15-12-6-9(5-10(7-12)13(19)20)8-1-3-11(4-2-8)14(16,17)18/h1-7H,(H,19,20). The Hall–Kier alpha value is -2.01. The maximum absolute atomic E-state index is 12.5. The molecule has 0 bridgehead atoms. The summed E-state index contributed by atoms with van der Waals surface area (Å²) in [5, 5.41) is 9.13. The predicted octanol–water partition coefficient (Wildman–Crippen LogP) is 4.72. The molecule has 0 aliphatic heterocycles. The van der Waals surface area contributed by atoms with Crippen LogP contribution in [0.4, 0.5) is 13.2 Å². The van der Waals surface area contributed by atoms with Crippen LogP contribution in [0.25, 0.3) is 11.1 Å². The Morgan fingerprint density at radius 3 is 2.10 bits per heavy atom. The van der Waals surface area contributed by atoms with Gasteiger partial charge in [-0.25, -0.2) is 4.79 Å². The van der Waals surface area contributed by atoms with Gasteiger partial charge in [0, 0.05) is 5.02 Å². The predicted molar refractivity (Wildman–Crippen MR) is 68.8 cm³/mol. The van der Waals surface area contributed by atoms with Crippen LogP contribution in [0.15, 0.2) is 42.5 Å². The van der Waals surface area contributed by atoms with Gasteiger partial charge in [0.05, 0.1) is 11.1 Å². The largest absolute Gasteiger partial charge is 0.478 e. The number of alkyl halides is 3. The molecule has 0 amide bonds. The van der Waals surface area contributed by atoms with E-state index in [1.165, 1.54) is 30.3 Å². The van der Waals surface area contributed by atoms with Crippen LogP contribution >= 0.6 is 11.6 Å². The van der Waals surface area contributed by atoms with E-state index in [4.69, 9.17) is 16.7 Å². The van der Waals surface area contributed by atoms with E-state index in [0.717, 1.165) is 12.1 Å². The average Bonchev–Trinajstić information content (AvgIpc) is 2.37. The van der Waals surface area contributed by atoms with Crippen LogP contribution in [0, 0.1) is 0 Å². The van der Waals surface area contributed by atoms with Crippen LogP contribution in [0.5, 0.6) is 0 Å². The maximum atomic E-state index is 12.5. The van der Waals surface area contributed by atoms with Gasteiger partial charge in [-0.05, 0) is 41.5 Å². The molecule has 0 saturated heterocycles. The molecule has 2 nitrogen and oxygen atoms in total. The third kappa shape index (κ3) is 3.11. The summed E-state index contributed by atoms with van der Waals surface area (Å²) in [4.78, 5) is 10.9. The summed E-state index contributed by atoms with van der Waals surface area (Å²) in [7, 11) is 0. The summed E-state index contributed by atoms with van der Waals surface area (Å²) in [5.74, 6) is -1.15. The van der Waals surface area contributed by atoms with E-state index < -0.39 is 17.7 Å². The van der Waals surface area contributed by atoms with Gasteiger partial charge in [-0.1, -0.05) is 23.7 Å². The molecule has 0 aromatic heterocycles. The number of benzene rings is 2. The Labute approximate surface area is 117 Å². The molecule has 0 spiro atoms. The second-order valence-electron chi connectivity index (χ2n) is 4.11. The van der Waals surface area contributed by atoms with E-state index in [-0.39, 0.29) is 10.6 Å². The van der Waals surface area contributed by atoms with Gasteiger partial charge >= 0.3 is 12.1 Å². The fraction of sp³-hybridized carbons (Fsp3) is 0.0714. The van der Waals surface area contributed by atoms with Gasteiger partial charge in [0.25, 0.3) is 0 Å². The molecule has 0 unspecified atom stereocenters. The molecule has 20 heavy (non-hydrogen) atoms. The molecule has 0 aliphatic carbocycles. The average molecular weight is 301 g/mol. The molecule has 0 radical (unpaired) electrons. The second-order valence-corrected chi connectivity index (χ2v) is 4.55. The van der Waals surface area contributed by atoms with Gasteiger partial charge in [-0.2, -0.15) is 13.2 Å². The first-order valence-electron chi connectivity index (χ1n) is 5.49. The number of hydrogen-bond acceptors (Lipinski definition) is 1. The van der Waals surface area contributed by atoms with Crippen LogP contribution in [0.2, 0.25) is 5.02 Å². The van der Waals surface area contributed by atoms with Crippen LogP contribution in [0.3, 0.4) is 0 Å². The SMILES string of the molecule is O=C(O)c1cc(Cl)cc(-c2ccc(C(F)(F)F)cc2)c1. The Balaban J connectivity index is 2.44. The van der Waals surface area contributed by atoms with Gasteiger partial charge in [-0.15, -0.1) is 0 Å². The summed E-state index contributed by atoms with van der Waals surface area (Å²) in [6, 6.07) is 8.57. The van der Waals surface area contributed by atoms with Gasteiger partial charge < -0.3 is 5.11 Å². The van der Waals surface area contributed by atoms with Gasteiger partial charge in [0.2, 0.25) is 0 Å². The van der Waals surface area contributed by atoms with E-state index in [1.54, 1.807) is 0 Å². The fourth-order valence-corrected chi connectivity index (χ4v) is 1.97. The van der Waals surface area contributed by atoms with Gasteiger partial charge in [0.15, 0.2) is 0 Å². The highest BCUT2D eigenvalue weighted by atomic mass is 35.5. The van der Waals surface area contributed by atoms with Crippen molar-refractivity contribution >= 4 is 17.6 Å². The fourth-order valence-electron chi connectivity index (χ4n) is 1.73. The topological polar surface area (TPSA) is 37.3 Å². The van der Waals surface area contributed by atoms with E-state index in [0.29, 0.717) is 11.1 Å². The maximum Gasteiger partial charge on any atom is 0.416 e. The van der Waals surface area contributed by atoms with Crippen molar-refractivity contribution in [1.29, 1.82) is 0 Å². The zero-order valence-corrected chi connectivity index (χ0v) is 10.7. The van der Waals surface area contributed by atoms with Crippen LogP contribution in [-0.4, -0.2) is 11.1 Å².